The second kappa shape index (κ2) is 2.22. The second-order valence-electron chi connectivity index (χ2n) is 2.08. The zero-order valence-electron chi connectivity index (χ0n) is 5.63. The van der Waals surface area contributed by atoms with Crippen LogP contribution in [0.5, 0.6) is 0 Å². The zero-order valence-corrected chi connectivity index (χ0v) is 5.63. The Hall–Kier alpha value is -1.16. The Balaban J connectivity index is 2.87. The number of carbonyl (C=O) groups excluding carboxylic acids is 2. The van der Waals surface area contributed by atoms with Crippen LogP contribution in [0, 0.1) is 0 Å². The van der Waals surface area contributed by atoms with Crippen LogP contribution in [0.3, 0.4) is 0 Å². The van der Waals surface area contributed by atoms with Crippen molar-refractivity contribution in [3.8, 4) is 0 Å². The highest BCUT2D eigenvalue weighted by Crippen LogP contribution is 2.09. The first-order valence-electron chi connectivity index (χ1n) is 2.91. The molecule has 0 saturated heterocycles. The first-order chi connectivity index (χ1) is 4.66. The number of hydrogen-bond donors (Lipinski definition) is 1. The normalized spacial score (nSPS) is 18.2. The molecule has 1 aliphatic heterocycles. The van der Waals surface area contributed by atoms with E-state index in [2.05, 4.69) is 0 Å². The van der Waals surface area contributed by atoms with Gasteiger partial charge >= 0.3 is 0 Å². The van der Waals surface area contributed by atoms with E-state index in [-0.39, 0.29) is 18.5 Å². The summed E-state index contributed by atoms with van der Waals surface area (Å²) in [5.41, 5.74) is 5.58. The van der Waals surface area contributed by atoms with Crippen molar-refractivity contribution in [2.45, 2.75) is 6.92 Å². The van der Waals surface area contributed by atoms with Gasteiger partial charge in [0.25, 0.3) is 11.8 Å². The molecular weight excluding hydrogens is 132 g/mol. The molecule has 4 nitrogen and oxygen atoms in total. The van der Waals surface area contributed by atoms with Crippen molar-refractivity contribution in [2.24, 2.45) is 5.73 Å². The maximum absolute atomic E-state index is 10.9. The minimum absolute atomic E-state index is 0.0362. The van der Waals surface area contributed by atoms with E-state index in [0.717, 1.165) is 4.90 Å². The molecule has 0 fully saturated rings. The molecule has 0 aromatic rings. The molecule has 2 amide bonds. The third kappa shape index (κ3) is 0.823. The fraction of sp³-hybridized carbons (Fsp3) is 0.333. The van der Waals surface area contributed by atoms with E-state index >= 15 is 0 Å². The van der Waals surface area contributed by atoms with Gasteiger partial charge in [-0.2, -0.15) is 0 Å². The highest BCUT2D eigenvalue weighted by molar-refractivity contribution is 6.15. The Morgan fingerprint density at radius 3 is 2.40 bits per heavy atom. The Kier molecular flexibility index (Phi) is 1.55. The smallest absolute Gasteiger partial charge is 0.257 e. The average Bonchev–Trinajstić information content (AvgIpc) is 2.09. The standard InChI is InChI=1S/C6H8N2O2/c1-4-2-5(9)8(3-7)6(4)10/h2H,3,7H2,1H3. The van der Waals surface area contributed by atoms with Gasteiger partial charge in [-0.25, -0.2) is 0 Å². The van der Waals surface area contributed by atoms with E-state index in [1.54, 1.807) is 6.92 Å². The fourth-order valence-corrected chi connectivity index (χ4v) is 0.811. The molecule has 54 valence electrons. The average molecular weight is 140 g/mol. The summed E-state index contributed by atoms with van der Waals surface area (Å²) in [7, 11) is 0. The van der Waals surface area contributed by atoms with E-state index in [0.29, 0.717) is 5.57 Å². The van der Waals surface area contributed by atoms with Gasteiger partial charge < -0.3 is 5.73 Å². The van der Waals surface area contributed by atoms with Crippen molar-refractivity contribution in [3.05, 3.63) is 11.6 Å². The second-order valence-corrected chi connectivity index (χ2v) is 2.08. The van der Waals surface area contributed by atoms with Crippen molar-refractivity contribution < 1.29 is 9.59 Å². The molecule has 0 saturated carbocycles. The molecule has 1 aliphatic rings. The molecule has 10 heavy (non-hydrogen) atoms. The van der Waals surface area contributed by atoms with Crippen LogP contribution >= 0.6 is 0 Å². The quantitative estimate of drug-likeness (QED) is 0.486. The zero-order chi connectivity index (χ0) is 7.72. The molecule has 0 aromatic carbocycles. The fourth-order valence-electron chi connectivity index (χ4n) is 0.811. The number of nitrogens with two attached hydrogens (primary N) is 1. The summed E-state index contributed by atoms with van der Waals surface area (Å²) in [4.78, 5) is 22.7. The van der Waals surface area contributed by atoms with Crippen molar-refractivity contribution in [2.75, 3.05) is 6.67 Å². The lowest BCUT2D eigenvalue weighted by atomic mass is 10.3. The van der Waals surface area contributed by atoms with Crippen molar-refractivity contribution in [1.82, 2.24) is 4.90 Å². The van der Waals surface area contributed by atoms with E-state index < -0.39 is 0 Å². The van der Waals surface area contributed by atoms with E-state index in [9.17, 15) is 9.59 Å². The maximum Gasteiger partial charge on any atom is 0.257 e. The van der Waals surface area contributed by atoms with Gasteiger partial charge in [-0.1, -0.05) is 0 Å². The van der Waals surface area contributed by atoms with Crippen molar-refractivity contribution >= 4 is 11.8 Å². The highest BCUT2D eigenvalue weighted by Gasteiger charge is 2.26. The minimum Gasteiger partial charge on any atom is -0.313 e. The molecule has 0 radical (unpaired) electrons. The molecule has 0 aliphatic carbocycles. The first-order valence-corrected chi connectivity index (χ1v) is 2.91. The Bertz CT molecular complexity index is 220. The number of rotatable bonds is 1. The lowest BCUT2D eigenvalue weighted by Gasteiger charge is -2.09. The predicted molar refractivity (Wildman–Crippen MR) is 34.7 cm³/mol. The maximum atomic E-state index is 10.9. The first kappa shape index (κ1) is 6.95. The number of hydrogen-bond acceptors (Lipinski definition) is 3. The van der Waals surface area contributed by atoms with E-state index in [4.69, 9.17) is 5.73 Å². The third-order valence-corrected chi connectivity index (χ3v) is 1.37. The summed E-state index contributed by atoms with van der Waals surface area (Å²) in [5.74, 6) is -0.600. The summed E-state index contributed by atoms with van der Waals surface area (Å²) in [6, 6.07) is 0. The van der Waals surface area contributed by atoms with Gasteiger partial charge in [0.05, 0.1) is 6.67 Å². The molecule has 2 N–H and O–H groups in total. The van der Waals surface area contributed by atoms with Crippen LogP contribution < -0.4 is 5.73 Å². The van der Waals surface area contributed by atoms with Gasteiger partial charge in [0, 0.05) is 11.6 Å². The summed E-state index contributed by atoms with van der Waals surface area (Å²) in [6.07, 6.45) is 1.29. The Labute approximate surface area is 58.3 Å². The van der Waals surface area contributed by atoms with Gasteiger partial charge in [-0.05, 0) is 6.92 Å². The van der Waals surface area contributed by atoms with Crippen LogP contribution in [-0.2, 0) is 9.59 Å². The molecule has 0 bridgehead atoms. The lowest BCUT2D eigenvalue weighted by Crippen LogP contribution is -2.35. The summed E-state index contributed by atoms with van der Waals surface area (Å²) in [6.45, 7) is 1.56. The molecule has 0 spiro atoms. The lowest BCUT2D eigenvalue weighted by molar-refractivity contribution is -0.137. The highest BCUT2D eigenvalue weighted by atomic mass is 16.2. The van der Waals surface area contributed by atoms with Crippen LogP contribution in [-0.4, -0.2) is 23.4 Å². The molecular formula is C6H8N2O2. The molecule has 0 unspecified atom stereocenters. The predicted octanol–water partition coefficient (Wildman–Crippen LogP) is -0.782. The van der Waals surface area contributed by atoms with Gasteiger partial charge in [0.1, 0.15) is 0 Å². The summed E-state index contributed by atoms with van der Waals surface area (Å²) >= 11 is 0. The monoisotopic (exact) mass is 140 g/mol. The summed E-state index contributed by atoms with van der Waals surface area (Å²) < 4.78 is 0. The molecule has 1 heterocycles. The van der Waals surface area contributed by atoms with Gasteiger partial charge in [0.2, 0.25) is 0 Å². The van der Waals surface area contributed by atoms with Gasteiger partial charge in [0.15, 0.2) is 0 Å². The van der Waals surface area contributed by atoms with Crippen molar-refractivity contribution in [3.63, 3.8) is 0 Å². The van der Waals surface area contributed by atoms with Crippen LogP contribution in [0.25, 0.3) is 0 Å². The van der Waals surface area contributed by atoms with Crippen LogP contribution in [0.4, 0.5) is 0 Å². The molecule has 0 atom stereocenters. The summed E-state index contributed by atoms with van der Waals surface area (Å²) in [5, 5.41) is 0. The number of carbonyl (C=O) groups is 2. The Morgan fingerprint density at radius 2 is 2.20 bits per heavy atom. The van der Waals surface area contributed by atoms with Crippen LogP contribution in [0.15, 0.2) is 11.6 Å². The largest absolute Gasteiger partial charge is 0.313 e. The van der Waals surface area contributed by atoms with Gasteiger partial charge in [-0.15, -0.1) is 0 Å². The number of nitrogens with zero attached hydrogens (tertiary/aromatic N) is 1. The Morgan fingerprint density at radius 1 is 1.60 bits per heavy atom. The number of amides is 2. The van der Waals surface area contributed by atoms with Crippen LogP contribution in [0.1, 0.15) is 6.92 Å². The third-order valence-electron chi connectivity index (χ3n) is 1.37. The SMILES string of the molecule is CC1=CC(=O)N(CN)C1=O. The topological polar surface area (TPSA) is 63.4 Å². The molecule has 1 rings (SSSR count). The molecule has 4 heteroatoms. The number of imide groups is 1. The van der Waals surface area contributed by atoms with E-state index in [1.165, 1.54) is 6.08 Å². The van der Waals surface area contributed by atoms with Gasteiger partial charge in [-0.3, -0.25) is 14.5 Å². The molecule has 0 aromatic heterocycles. The van der Waals surface area contributed by atoms with Crippen LogP contribution in [0.2, 0.25) is 0 Å². The van der Waals surface area contributed by atoms with Crippen molar-refractivity contribution in [1.29, 1.82) is 0 Å². The van der Waals surface area contributed by atoms with E-state index in [1.807, 2.05) is 0 Å². The minimum atomic E-state index is -0.315.